The molecule has 1 unspecified atom stereocenters. The third-order valence-corrected chi connectivity index (χ3v) is 5.70. The standard InChI is InChI=1S/C18H21ClF2N2O2/c1-18(2)6-10(7-18)16(11-3-4-12(20)14(19)15(11)21)23-8-9(17(22)25)5-13(23)24/h3-4,9-10,16H,5-8H2,1-2H3,(H2,22,25)/t9?,16-/m0/s1. The van der Waals surface area contributed by atoms with Crippen LogP contribution in [0, 0.1) is 28.9 Å². The average Bonchev–Trinajstić information content (AvgIpc) is 2.88. The van der Waals surface area contributed by atoms with Crippen LogP contribution in [0.2, 0.25) is 5.02 Å². The van der Waals surface area contributed by atoms with E-state index < -0.39 is 34.5 Å². The second-order valence-electron chi connectivity index (χ2n) is 7.89. The van der Waals surface area contributed by atoms with Crippen LogP contribution in [0.1, 0.15) is 44.7 Å². The van der Waals surface area contributed by atoms with Gasteiger partial charge in [0, 0.05) is 18.5 Å². The molecule has 2 N–H and O–H groups in total. The van der Waals surface area contributed by atoms with E-state index >= 15 is 0 Å². The number of benzene rings is 1. The molecule has 0 bridgehead atoms. The maximum Gasteiger partial charge on any atom is 0.223 e. The van der Waals surface area contributed by atoms with Crippen LogP contribution < -0.4 is 5.73 Å². The van der Waals surface area contributed by atoms with E-state index in [0.717, 1.165) is 18.9 Å². The van der Waals surface area contributed by atoms with Gasteiger partial charge in [-0.25, -0.2) is 8.78 Å². The molecule has 25 heavy (non-hydrogen) atoms. The molecule has 1 aromatic carbocycles. The zero-order valence-corrected chi connectivity index (χ0v) is 14.9. The first-order chi connectivity index (χ1) is 11.6. The predicted octanol–water partition coefficient (Wildman–Crippen LogP) is 3.43. The van der Waals surface area contributed by atoms with Gasteiger partial charge in [-0.2, -0.15) is 0 Å². The van der Waals surface area contributed by atoms with Gasteiger partial charge in [-0.1, -0.05) is 31.5 Å². The van der Waals surface area contributed by atoms with E-state index in [-0.39, 0.29) is 35.8 Å². The normalized spacial score (nSPS) is 24.3. The Balaban J connectivity index is 1.99. The average molecular weight is 371 g/mol. The van der Waals surface area contributed by atoms with Crippen molar-refractivity contribution in [2.45, 2.75) is 39.2 Å². The third-order valence-electron chi connectivity index (χ3n) is 5.36. The van der Waals surface area contributed by atoms with E-state index in [1.165, 1.54) is 11.0 Å². The lowest BCUT2D eigenvalue weighted by molar-refractivity contribution is -0.133. The topological polar surface area (TPSA) is 63.4 Å². The van der Waals surface area contributed by atoms with Gasteiger partial charge in [0.15, 0.2) is 0 Å². The highest BCUT2D eigenvalue weighted by atomic mass is 35.5. The van der Waals surface area contributed by atoms with Crippen molar-refractivity contribution in [3.05, 3.63) is 34.4 Å². The Morgan fingerprint density at radius 1 is 1.36 bits per heavy atom. The van der Waals surface area contributed by atoms with E-state index in [4.69, 9.17) is 17.3 Å². The van der Waals surface area contributed by atoms with Gasteiger partial charge in [0.2, 0.25) is 11.8 Å². The number of hydrogen-bond acceptors (Lipinski definition) is 2. The van der Waals surface area contributed by atoms with Crippen molar-refractivity contribution in [1.29, 1.82) is 0 Å². The van der Waals surface area contributed by atoms with Gasteiger partial charge in [0.1, 0.15) is 16.7 Å². The molecule has 2 aliphatic rings. The number of likely N-dealkylation sites (tertiary alicyclic amines) is 1. The van der Waals surface area contributed by atoms with E-state index in [0.29, 0.717) is 0 Å². The Bertz CT molecular complexity index is 730. The number of rotatable bonds is 4. The summed E-state index contributed by atoms with van der Waals surface area (Å²) in [6.07, 6.45) is 1.63. The van der Waals surface area contributed by atoms with Crippen LogP contribution >= 0.6 is 11.6 Å². The van der Waals surface area contributed by atoms with Crippen molar-refractivity contribution in [1.82, 2.24) is 4.90 Å². The first-order valence-electron chi connectivity index (χ1n) is 8.33. The first kappa shape index (κ1) is 18.1. The molecule has 7 heteroatoms. The number of hydrogen-bond donors (Lipinski definition) is 1. The Kier molecular flexibility index (Phi) is 4.52. The van der Waals surface area contributed by atoms with Crippen molar-refractivity contribution in [2.24, 2.45) is 23.0 Å². The lowest BCUT2D eigenvalue weighted by atomic mass is 9.61. The molecule has 1 aliphatic carbocycles. The molecule has 136 valence electrons. The molecule has 2 atom stereocenters. The molecule has 1 heterocycles. The molecule has 3 rings (SSSR count). The van der Waals surface area contributed by atoms with E-state index in [9.17, 15) is 18.4 Å². The fraction of sp³-hybridized carbons (Fsp3) is 0.556. The molecule has 2 amide bonds. The second-order valence-corrected chi connectivity index (χ2v) is 8.27. The van der Waals surface area contributed by atoms with Crippen molar-refractivity contribution >= 4 is 23.4 Å². The van der Waals surface area contributed by atoms with Gasteiger partial charge in [0.25, 0.3) is 0 Å². The van der Waals surface area contributed by atoms with Crippen LogP contribution in [0.4, 0.5) is 8.78 Å². The molecule has 0 aromatic heterocycles. The molecule has 1 aliphatic heterocycles. The van der Waals surface area contributed by atoms with Gasteiger partial charge < -0.3 is 10.6 Å². The van der Waals surface area contributed by atoms with Crippen LogP contribution in [0.5, 0.6) is 0 Å². The summed E-state index contributed by atoms with van der Waals surface area (Å²) in [5, 5.41) is -0.570. The Hall–Kier alpha value is -1.69. The number of nitrogens with two attached hydrogens (primary N) is 1. The summed E-state index contributed by atoms with van der Waals surface area (Å²) in [6, 6.07) is 1.89. The number of carbonyl (C=O) groups excluding carboxylic acids is 2. The van der Waals surface area contributed by atoms with Gasteiger partial charge in [-0.05, 0) is 30.2 Å². The first-order valence-corrected chi connectivity index (χ1v) is 8.70. The fourth-order valence-corrected chi connectivity index (χ4v) is 4.39. The van der Waals surface area contributed by atoms with Crippen LogP contribution in [0.3, 0.4) is 0 Å². The summed E-state index contributed by atoms with van der Waals surface area (Å²) in [4.78, 5) is 25.4. The number of amides is 2. The van der Waals surface area contributed by atoms with Crippen molar-refractivity contribution < 1.29 is 18.4 Å². The second kappa shape index (κ2) is 6.24. The summed E-state index contributed by atoms with van der Waals surface area (Å²) in [5.41, 5.74) is 5.64. The highest BCUT2D eigenvalue weighted by Crippen LogP contribution is 2.53. The summed E-state index contributed by atoms with van der Waals surface area (Å²) < 4.78 is 28.2. The maximum absolute atomic E-state index is 14.7. The van der Waals surface area contributed by atoms with Crippen molar-refractivity contribution in [3.63, 3.8) is 0 Å². The molecule has 1 saturated heterocycles. The minimum atomic E-state index is -0.841. The fourth-order valence-electron chi connectivity index (χ4n) is 4.22. The highest BCUT2D eigenvalue weighted by molar-refractivity contribution is 6.31. The molecule has 0 radical (unpaired) electrons. The Morgan fingerprint density at radius 3 is 2.52 bits per heavy atom. The van der Waals surface area contributed by atoms with Crippen LogP contribution in [-0.4, -0.2) is 23.3 Å². The number of halogens is 3. The monoisotopic (exact) mass is 370 g/mol. The van der Waals surface area contributed by atoms with Crippen LogP contribution in [0.25, 0.3) is 0 Å². The molecule has 1 aromatic rings. The zero-order valence-electron chi connectivity index (χ0n) is 14.2. The number of carbonyl (C=O) groups is 2. The van der Waals surface area contributed by atoms with E-state index in [1.54, 1.807) is 0 Å². The van der Waals surface area contributed by atoms with Crippen LogP contribution in [0.15, 0.2) is 12.1 Å². The van der Waals surface area contributed by atoms with Gasteiger partial charge >= 0.3 is 0 Å². The Morgan fingerprint density at radius 2 is 2.00 bits per heavy atom. The van der Waals surface area contributed by atoms with Gasteiger partial charge in [-0.3, -0.25) is 9.59 Å². The largest absolute Gasteiger partial charge is 0.369 e. The highest BCUT2D eigenvalue weighted by Gasteiger charge is 2.48. The summed E-state index contributed by atoms with van der Waals surface area (Å²) >= 11 is 5.74. The smallest absolute Gasteiger partial charge is 0.223 e. The van der Waals surface area contributed by atoms with Crippen LogP contribution in [-0.2, 0) is 9.59 Å². The predicted molar refractivity (Wildman–Crippen MR) is 89.6 cm³/mol. The molecule has 1 saturated carbocycles. The van der Waals surface area contributed by atoms with E-state index in [1.807, 2.05) is 0 Å². The molecule has 0 spiro atoms. The third kappa shape index (κ3) is 3.24. The molecular formula is C18H21ClF2N2O2. The minimum Gasteiger partial charge on any atom is -0.369 e. The maximum atomic E-state index is 14.7. The minimum absolute atomic E-state index is 0.0263. The molecule has 2 fully saturated rings. The number of nitrogens with zero attached hydrogens (tertiary/aromatic N) is 1. The van der Waals surface area contributed by atoms with Crippen molar-refractivity contribution in [2.75, 3.05) is 6.54 Å². The quantitative estimate of drug-likeness (QED) is 0.825. The molecular weight excluding hydrogens is 350 g/mol. The Labute approximate surface area is 150 Å². The summed E-state index contributed by atoms with van der Waals surface area (Å²) in [7, 11) is 0. The molecule has 4 nitrogen and oxygen atoms in total. The van der Waals surface area contributed by atoms with Crippen molar-refractivity contribution in [3.8, 4) is 0 Å². The van der Waals surface area contributed by atoms with E-state index in [2.05, 4.69) is 13.8 Å². The van der Waals surface area contributed by atoms with Gasteiger partial charge in [0.05, 0.1) is 12.0 Å². The lowest BCUT2D eigenvalue weighted by Gasteiger charge is -2.49. The summed E-state index contributed by atoms with van der Waals surface area (Å²) in [5.74, 6) is -3.01. The summed E-state index contributed by atoms with van der Waals surface area (Å²) in [6.45, 7) is 4.36. The number of primary amides is 1. The SMILES string of the molecule is CC1(C)CC([C@@H](c2ccc(F)c(Cl)c2F)N2CC(C(N)=O)CC2=O)C1. The zero-order chi connectivity index (χ0) is 18.5. The lowest BCUT2D eigenvalue weighted by Crippen LogP contribution is -2.44. The van der Waals surface area contributed by atoms with Gasteiger partial charge in [-0.15, -0.1) is 0 Å².